The monoisotopic (exact) mass is 405 g/mol. The average molecular weight is 406 g/mol. The number of allylic oxidation sites excluding steroid dienone is 2. The van der Waals surface area contributed by atoms with Gasteiger partial charge in [0.2, 0.25) is 5.91 Å². The first-order valence-corrected chi connectivity index (χ1v) is 10.8. The highest BCUT2D eigenvalue weighted by atomic mass is 32.1. The van der Waals surface area contributed by atoms with E-state index >= 15 is 0 Å². The summed E-state index contributed by atoms with van der Waals surface area (Å²) in [6.45, 7) is 2.03. The molecule has 1 amide bonds. The molecule has 1 aromatic rings. The van der Waals surface area contributed by atoms with Crippen LogP contribution in [0.3, 0.4) is 0 Å². The summed E-state index contributed by atoms with van der Waals surface area (Å²) in [7, 11) is 0. The fourth-order valence-corrected chi connectivity index (χ4v) is 5.29. The Bertz CT molecular complexity index is 782. The molecule has 0 unspecified atom stereocenters. The summed E-state index contributed by atoms with van der Waals surface area (Å²) in [5, 5.41) is 12.8. The Kier molecular flexibility index (Phi) is 6.88. The second-order valence-corrected chi connectivity index (χ2v) is 8.43. The zero-order valence-electron chi connectivity index (χ0n) is 16.2. The molecule has 28 heavy (non-hydrogen) atoms. The van der Waals surface area contributed by atoms with E-state index in [1.54, 1.807) is 6.92 Å². The number of aryl methyl sites for hydroxylation is 1. The molecule has 0 bridgehead atoms. The Morgan fingerprint density at radius 1 is 1.11 bits per heavy atom. The normalized spacial score (nSPS) is 21.9. The van der Waals surface area contributed by atoms with E-state index < -0.39 is 23.8 Å². The van der Waals surface area contributed by atoms with Crippen LogP contribution in [0.1, 0.15) is 66.2 Å². The number of thiophene rings is 1. The number of ether oxygens (including phenoxy) is 1. The van der Waals surface area contributed by atoms with Crippen molar-refractivity contribution in [1.82, 2.24) is 0 Å². The minimum absolute atomic E-state index is 0.269. The molecule has 2 aliphatic carbocycles. The third-order valence-electron chi connectivity index (χ3n) is 5.47. The van der Waals surface area contributed by atoms with Gasteiger partial charge in [0.05, 0.1) is 24.0 Å². The Morgan fingerprint density at radius 3 is 2.46 bits per heavy atom. The number of carbonyl (C=O) groups excluding carboxylic acids is 2. The van der Waals surface area contributed by atoms with Crippen LogP contribution in [-0.4, -0.2) is 29.6 Å². The van der Waals surface area contributed by atoms with Gasteiger partial charge in [-0.3, -0.25) is 9.59 Å². The molecule has 7 heteroatoms. The van der Waals surface area contributed by atoms with Crippen LogP contribution in [0.5, 0.6) is 0 Å². The van der Waals surface area contributed by atoms with Crippen molar-refractivity contribution in [1.29, 1.82) is 0 Å². The van der Waals surface area contributed by atoms with E-state index in [-0.39, 0.29) is 12.5 Å². The van der Waals surface area contributed by atoms with Crippen molar-refractivity contribution in [2.45, 2.75) is 58.3 Å². The molecule has 6 nitrogen and oxygen atoms in total. The highest BCUT2D eigenvalue weighted by Crippen LogP contribution is 2.38. The summed E-state index contributed by atoms with van der Waals surface area (Å²) in [5.74, 6) is -3.08. The van der Waals surface area contributed by atoms with E-state index in [0.717, 1.165) is 42.5 Å². The zero-order chi connectivity index (χ0) is 20.1. The lowest BCUT2D eigenvalue weighted by Gasteiger charge is -2.24. The molecule has 0 aromatic carbocycles. The summed E-state index contributed by atoms with van der Waals surface area (Å²) in [4.78, 5) is 38.2. The first-order valence-electron chi connectivity index (χ1n) is 10.0. The molecule has 0 saturated heterocycles. The number of carboxylic acids is 1. The number of carbonyl (C=O) groups is 3. The topological polar surface area (TPSA) is 92.7 Å². The predicted octanol–water partition coefficient (Wildman–Crippen LogP) is 4.19. The van der Waals surface area contributed by atoms with Gasteiger partial charge < -0.3 is 15.2 Å². The van der Waals surface area contributed by atoms with E-state index in [1.807, 2.05) is 12.2 Å². The molecule has 0 radical (unpaired) electrons. The molecule has 1 aromatic heterocycles. The number of anilines is 1. The number of hydrogen-bond donors (Lipinski definition) is 2. The maximum atomic E-state index is 12.9. The van der Waals surface area contributed by atoms with E-state index in [2.05, 4.69) is 5.32 Å². The van der Waals surface area contributed by atoms with Gasteiger partial charge in [0.1, 0.15) is 5.00 Å². The van der Waals surface area contributed by atoms with Crippen LogP contribution >= 0.6 is 11.3 Å². The Balaban J connectivity index is 1.90. The number of rotatable bonds is 5. The van der Waals surface area contributed by atoms with Gasteiger partial charge in [-0.05, 0) is 51.0 Å². The van der Waals surface area contributed by atoms with Gasteiger partial charge in [0.15, 0.2) is 0 Å². The van der Waals surface area contributed by atoms with Crippen LogP contribution in [0, 0.1) is 11.8 Å². The number of hydrogen-bond acceptors (Lipinski definition) is 5. The molecule has 2 atom stereocenters. The standard InChI is InChI=1S/C21H27NO5S/c1-2-27-21(26)17-15-11-5-3-4-6-12-16(15)28-19(17)22-18(23)13-9-7-8-10-14(13)20(24)25/h7-8,13-14H,2-6,9-12H2,1H3,(H,22,23)(H,24,25)/t13-,14+/m1/s1. The molecule has 2 N–H and O–H groups in total. The van der Waals surface area contributed by atoms with Gasteiger partial charge in [0.25, 0.3) is 0 Å². The maximum Gasteiger partial charge on any atom is 0.341 e. The van der Waals surface area contributed by atoms with Crippen molar-refractivity contribution in [3.63, 3.8) is 0 Å². The zero-order valence-corrected chi connectivity index (χ0v) is 17.0. The summed E-state index contributed by atoms with van der Waals surface area (Å²) in [5.41, 5.74) is 1.46. The number of fused-ring (bicyclic) bond motifs is 1. The Morgan fingerprint density at radius 2 is 1.79 bits per heavy atom. The lowest BCUT2D eigenvalue weighted by atomic mass is 9.82. The van der Waals surface area contributed by atoms with Crippen LogP contribution in [0.2, 0.25) is 0 Å². The predicted molar refractivity (Wildman–Crippen MR) is 108 cm³/mol. The van der Waals surface area contributed by atoms with Crippen molar-refractivity contribution in [2.24, 2.45) is 11.8 Å². The maximum absolute atomic E-state index is 12.9. The van der Waals surface area contributed by atoms with E-state index in [9.17, 15) is 19.5 Å². The molecule has 3 rings (SSSR count). The van der Waals surface area contributed by atoms with Gasteiger partial charge >= 0.3 is 11.9 Å². The largest absolute Gasteiger partial charge is 0.481 e. The summed E-state index contributed by atoms with van der Waals surface area (Å²) < 4.78 is 5.26. The molecule has 0 aliphatic heterocycles. The Hall–Kier alpha value is -2.15. The Labute approximate surface area is 169 Å². The van der Waals surface area contributed by atoms with Gasteiger partial charge in [-0.15, -0.1) is 11.3 Å². The minimum Gasteiger partial charge on any atom is -0.481 e. The van der Waals surface area contributed by atoms with Crippen LogP contribution in [-0.2, 0) is 27.2 Å². The van der Waals surface area contributed by atoms with Crippen molar-refractivity contribution < 1.29 is 24.2 Å². The lowest BCUT2D eigenvalue weighted by Crippen LogP contribution is -2.34. The molecule has 1 heterocycles. The minimum atomic E-state index is -0.964. The third-order valence-corrected chi connectivity index (χ3v) is 6.68. The highest BCUT2D eigenvalue weighted by molar-refractivity contribution is 7.17. The van der Waals surface area contributed by atoms with Crippen LogP contribution < -0.4 is 5.32 Å². The van der Waals surface area contributed by atoms with Gasteiger partial charge in [-0.25, -0.2) is 4.79 Å². The fraction of sp³-hybridized carbons (Fsp3) is 0.571. The second-order valence-electron chi connectivity index (χ2n) is 7.33. The summed E-state index contributed by atoms with van der Waals surface area (Å²) in [6, 6.07) is 0. The molecule has 0 fully saturated rings. The molecule has 2 aliphatic rings. The molecule has 0 saturated carbocycles. The van der Waals surface area contributed by atoms with Crippen molar-refractivity contribution in [3.05, 3.63) is 28.2 Å². The molecule has 0 spiro atoms. The number of carboxylic acid groups (broad SMARTS) is 1. The molecular weight excluding hydrogens is 378 g/mol. The highest BCUT2D eigenvalue weighted by Gasteiger charge is 2.35. The SMILES string of the molecule is CCOC(=O)c1c(NC(=O)[C@@H]2CC=CC[C@@H]2C(=O)O)sc2c1CCCCCC2. The van der Waals surface area contributed by atoms with Crippen LogP contribution in [0.15, 0.2) is 12.2 Å². The third kappa shape index (κ3) is 4.46. The van der Waals surface area contributed by atoms with E-state index in [1.165, 1.54) is 17.8 Å². The number of esters is 1. The first-order chi connectivity index (χ1) is 13.5. The van der Waals surface area contributed by atoms with Crippen LogP contribution in [0.25, 0.3) is 0 Å². The van der Waals surface area contributed by atoms with Crippen molar-refractivity contribution in [3.8, 4) is 0 Å². The van der Waals surface area contributed by atoms with E-state index in [4.69, 9.17) is 4.74 Å². The summed E-state index contributed by atoms with van der Waals surface area (Å²) >= 11 is 1.44. The van der Waals surface area contributed by atoms with E-state index in [0.29, 0.717) is 23.4 Å². The quantitative estimate of drug-likeness (QED) is 0.566. The van der Waals surface area contributed by atoms with Gasteiger partial charge in [0, 0.05) is 4.88 Å². The number of nitrogens with one attached hydrogen (secondary N) is 1. The smallest absolute Gasteiger partial charge is 0.341 e. The lowest BCUT2D eigenvalue weighted by molar-refractivity contribution is -0.146. The molecular formula is C21H27NO5S. The first kappa shape index (κ1) is 20.6. The number of aliphatic carboxylic acids is 1. The molecule has 152 valence electrons. The van der Waals surface area contributed by atoms with Gasteiger partial charge in [-0.2, -0.15) is 0 Å². The summed E-state index contributed by atoms with van der Waals surface area (Å²) in [6.07, 6.45) is 10.5. The number of amides is 1. The second kappa shape index (κ2) is 9.37. The van der Waals surface area contributed by atoms with Crippen molar-refractivity contribution >= 4 is 34.2 Å². The van der Waals surface area contributed by atoms with Crippen molar-refractivity contribution in [2.75, 3.05) is 11.9 Å². The van der Waals surface area contributed by atoms with Gasteiger partial charge in [-0.1, -0.05) is 25.0 Å². The van der Waals surface area contributed by atoms with Crippen LogP contribution in [0.4, 0.5) is 5.00 Å². The average Bonchev–Trinajstić information content (AvgIpc) is 2.98. The fourth-order valence-electron chi connectivity index (χ4n) is 4.01.